The second-order valence-electron chi connectivity index (χ2n) is 5.70. The number of fused-ring (bicyclic) bond motifs is 1. The molecule has 0 spiro atoms. The molecule has 0 bridgehead atoms. The molecule has 3 rings (SSSR count). The van der Waals surface area contributed by atoms with Gasteiger partial charge in [0.05, 0.1) is 18.6 Å². The third-order valence-electron chi connectivity index (χ3n) is 4.14. The molecule has 2 aliphatic heterocycles. The molecule has 1 aromatic heterocycles. The van der Waals surface area contributed by atoms with Crippen LogP contribution < -0.4 is 0 Å². The molecule has 3 atom stereocenters. The predicted molar refractivity (Wildman–Crippen MR) is 75.0 cm³/mol. The number of rotatable bonds is 3. The molecule has 0 radical (unpaired) electrons. The summed E-state index contributed by atoms with van der Waals surface area (Å²) in [6.45, 7) is 3.50. The first-order valence-electron chi connectivity index (χ1n) is 6.71. The SMILES string of the molecule is CN(C)C(=O)[C@@H]1CO[C@H]2CN(Cc3ccsc3)C[C@H]21. The Hall–Kier alpha value is -0.910. The maximum atomic E-state index is 12.1. The number of carbonyl (C=O) groups excluding carboxylic acids is 1. The molecular weight excluding hydrogens is 260 g/mol. The van der Waals surface area contributed by atoms with Gasteiger partial charge in [0.15, 0.2) is 0 Å². The van der Waals surface area contributed by atoms with Crippen molar-refractivity contribution in [1.82, 2.24) is 9.80 Å². The lowest BCUT2D eigenvalue weighted by molar-refractivity contribution is -0.134. The number of hydrogen-bond donors (Lipinski definition) is 0. The summed E-state index contributed by atoms with van der Waals surface area (Å²) in [5.74, 6) is 0.630. The molecule has 4 nitrogen and oxygen atoms in total. The van der Waals surface area contributed by atoms with Crippen molar-refractivity contribution in [3.63, 3.8) is 0 Å². The summed E-state index contributed by atoms with van der Waals surface area (Å²) in [5, 5.41) is 4.30. The van der Waals surface area contributed by atoms with Crippen molar-refractivity contribution in [2.24, 2.45) is 11.8 Å². The maximum absolute atomic E-state index is 12.1. The summed E-state index contributed by atoms with van der Waals surface area (Å²) in [4.78, 5) is 16.2. The summed E-state index contributed by atoms with van der Waals surface area (Å²) in [6.07, 6.45) is 0.243. The average Bonchev–Trinajstić information content (AvgIpc) is 3.04. The van der Waals surface area contributed by atoms with E-state index in [4.69, 9.17) is 4.74 Å². The Morgan fingerprint density at radius 2 is 2.37 bits per heavy atom. The number of likely N-dealkylation sites (tertiary alicyclic amines) is 1. The number of ether oxygens (including phenoxy) is 1. The van der Waals surface area contributed by atoms with Gasteiger partial charge < -0.3 is 9.64 Å². The van der Waals surface area contributed by atoms with Gasteiger partial charge in [0.2, 0.25) is 5.91 Å². The minimum Gasteiger partial charge on any atom is -0.376 e. The molecule has 0 unspecified atom stereocenters. The van der Waals surface area contributed by atoms with Gasteiger partial charge >= 0.3 is 0 Å². The minimum absolute atomic E-state index is 0.0486. The standard InChI is InChI=1S/C14H20N2O2S/c1-15(2)14(17)12-8-18-13-7-16(6-11(12)13)5-10-3-4-19-9-10/h3-4,9,11-13H,5-8H2,1-2H3/t11-,12+,13-/m0/s1. The highest BCUT2D eigenvalue weighted by Crippen LogP contribution is 2.35. The van der Waals surface area contributed by atoms with Crippen LogP contribution in [0.15, 0.2) is 16.8 Å². The van der Waals surface area contributed by atoms with Gasteiger partial charge in [0.25, 0.3) is 0 Å². The number of amides is 1. The van der Waals surface area contributed by atoms with Crippen LogP contribution in [0.1, 0.15) is 5.56 Å². The van der Waals surface area contributed by atoms with Crippen molar-refractivity contribution in [3.8, 4) is 0 Å². The van der Waals surface area contributed by atoms with E-state index >= 15 is 0 Å². The van der Waals surface area contributed by atoms with Crippen LogP contribution in [-0.4, -0.2) is 55.6 Å². The van der Waals surface area contributed by atoms with Crippen molar-refractivity contribution in [2.75, 3.05) is 33.8 Å². The quantitative estimate of drug-likeness (QED) is 0.836. The molecule has 0 N–H and O–H groups in total. The maximum Gasteiger partial charge on any atom is 0.227 e. The molecule has 1 aromatic rings. The van der Waals surface area contributed by atoms with Gasteiger partial charge in [-0.1, -0.05) is 0 Å². The van der Waals surface area contributed by atoms with Crippen molar-refractivity contribution in [1.29, 1.82) is 0 Å². The largest absolute Gasteiger partial charge is 0.376 e. The Labute approximate surface area is 118 Å². The van der Waals surface area contributed by atoms with E-state index in [1.807, 2.05) is 14.1 Å². The Bertz CT molecular complexity index is 446. The first-order chi connectivity index (χ1) is 9.15. The number of thiophene rings is 1. The van der Waals surface area contributed by atoms with Crippen molar-refractivity contribution in [3.05, 3.63) is 22.4 Å². The Balaban J connectivity index is 1.63. The highest BCUT2D eigenvalue weighted by Gasteiger charge is 2.47. The van der Waals surface area contributed by atoms with Crippen LogP contribution in [0, 0.1) is 11.8 Å². The molecule has 2 fully saturated rings. The van der Waals surface area contributed by atoms with Crippen molar-refractivity contribution in [2.45, 2.75) is 12.6 Å². The Kier molecular flexibility index (Phi) is 3.60. The number of carbonyl (C=O) groups is 1. The monoisotopic (exact) mass is 280 g/mol. The van der Waals surface area contributed by atoms with Crippen LogP contribution in [-0.2, 0) is 16.1 Å². The molecule has 104 valence electrons. The average molecular weight is 280 g/mol. The number of hydrogen-bond acceptors (Lipinski definition) is 4. The smallest absolute Gasteiger partial charge is 0.227 e. The van der Waals surface area contributed by atoms with Crippen LogP contribution in [0.2, 0.25) is 0 Å². The van der Waals surface area contributed by atoms with Crippen molar-refractivity contribution < 1.29 is 9.53 Å². The summed E-state index contributed by atoms with van der Waals surface area (Å²) < 4.78 is 5.82. The third kappa shape index (κ3) is 2.55. The lowest BCUT2D eigenvalue weighted by Crippen LogP contribution is -2.35. The van der Waals surface area contributed by atoms with E-state index < -0.39 is 0 Å². The molecule has 19 heavy (non-hydrogen) atoms. The topological polar surface area (TPSA) is 32.8 Å². The highest BCUT2D eigenvalue weighted by molar-refractivity contribution is 7.07. The summed E-state index contributed by atoms with van der Waals surface area (Å²) in [7, 11) is 3.65. The zero-order valence-electron chi connectivity index (χ0n) is 11.4. The molecular formula is C14H20N2O2S. The van der Waals surface area contributed by atoms with Crippen LogP contribution in [0.5, 0.6) is 0 Å². The fourth-order valence-corrected chi connectivity index (χ4v) is 3.81. The summed E-state index contributed by atoms with van der Waals surface area (Å²) in [6, 6.07) is 2.17. The first-order valence-corrected chi connectivity index (χ1v) is 7.65. The highest BCUT2D eigenvalue weighted by atomic mass is 32.1. The van der Waals surface area contributed by atoms with E-state index in [2.05, 4.69) is 21.7 Å². The molecule has 2 saturated heterocycles. The zero-order valence-corrected chi connectivity index (χ0v) is 12.2. The fraction of sp³-hybridized carbons (Fsp3) is 0.643. The van der Waals surface area contributed by atoms with Gasteiger partial charge in [0, 0.05) is 39.6 Å². The molecule has 5 heteroatoms. The first kappa shape index (κ1) is 13.1. The lowest BCUT2D eigenvalue weighted by atomic mass is 9.92. The number of nitrogens with zero attached hydrogens (tertiary/aromatic N) is 2. The van der Waals surface area contributed by atoms with Crippen molar-refractivity contribution >= 4 is 17.2 Å². The van der Waals surface area contributed by atoms with Gasteiger partial charge in [-0.25, -0.2) is 0 Å². The third-order valence-corrected chi connectivity index (χ3v) is 4.87. The van der Waals surface area contributed by atoms with E-state index in [0.717, 1.165) is 19.6 Å². The van der Waals surface area contributed by atoms with E-state index in [1.165, 1.54) is 5.56 Å². The van der Waals surface area contributed by atoms with Gasteiger partial charge in [-0.3, -0.25) is 9.69 Å². The van der Waals surface area contributed by atoms with Gasteiger partial charge in [-0.2, -0.15) is 11.3 Å². The van der Waals surface area contributed by atoms with Gasteiger partial charge in [-0.15, -0.1) is 0 Å². The molecule has 0 aromatic carbocycles. The second kappa shape index (κ2) is 5.23. The summed E-state index contributed by atoms with van der Waals surface area (Å²) >= 11 is 1.73. The van der Waals surface area contributed by atoms with E-state index in [1.54, 1.807) is 16.2 Å². The lowest BCUT2D eigenvalue weighted by Gasteiger charge is -2.21. The second-order valence-corrected chi connectivity index (χ2v) is 6.48. The predicted octanol–water partition coefficient (Wildman–Crippen LogP) is 1.28. The van der Waals surface area contributed by atoms with Crippen LogP contribution >= 0.6 is 11.3 Å². The molecule has 3 heterocycles. The minimum atomic E-state index is 0.0486. The Morgan fingerprint density at radius 1 is 1.53 bits per heavy atom. The van der Waals surface area contributed by atoms with E-state index in [0.29, 0.717) is 12.5 Å². The van der Waals surface area contributed by atoms with Crippen LogP contribution in [0.4, 0.5) is 0 Å². The Morgan fingerprint density at radius 3 is 3.05 bits per heavy atom. The molecule has 0 aliphatic carbocycles. The molecule has 1 amide bonds. The van der Waals surface area contributed by atoms with E-state index in [-0.39, 0.29) is 17.9 Å². The van der Waals surface area contributed by atoms with Gasteiger partial charge in [-0.05, 0) is 22.4 Å². The summed E-state index contributed by atoms with van der Waals surface area (Å²) in [5.41, 5.74) is 1.36. The zero-order chi connectivity index (χ0) is 13.4. The van der Waals surface area contributed by atoms with Crippen LogP contribution in [0.3, 0.4) is 0 Å². The van der Waals surface area contributed by atoms with Crippen LogP contribution in [0.25, 0.3) is 0 Å². The molecule has 2 aliphatic rings. The normalized spacial score (nSPS) is 30.5. The fourth-order valence-electron chi connectivity index (χ4n) is 3.15. The van der Waals surface area contributed by atoms with Gasteiger partial charge in [0.1, 0.15) is 0 Å². The molecule has 0 saturated carbocycles. The van der Waals surface area contributed by atoms with E-state index in [9.17, 15) is 4.79 Å².